The highest BCUT2D eigenvalue weighted by molar-refractivity contribution is 5.64. The summed E-state index contributed by atoms with van der Waals surface area (Å²) in [4.78, 5) is 18.1. The lowest BCUT2D eigenvalue weighted by atomic mass is 10.1. The summed E-state index contributed by atoms with van der Waals surface area (Å²) in [5.41, 5.74) is 3.03. The van der Waals surface area contributed by atoms with Gasteiger partial charge < -0.3 is 25.0 Å². The quantitative estimate of drug-likeness (QED) is 0.439. The number of nitrogens with zero attached hydrogens (tertiary/aromatic N) is 6. The fourth-order valence-corrected chi connectivity index (χ4v) is 5.28. The van der Waals surface area contributed by atoms with Gasteiger partial charge in [0.2, 0.25) is 5.95 Å². The van der Waals surface area contributed by atoms with Crippen molar-refractivity contribution in [3.8, 4) is 23.2 Å². The van der Waals surface area contributed by atoms with Gasteiger partial charge in [-0.2, -0.15) is 10.2 Å². The van der Waals surface area contributed by atoms with E-state index in [-0.39, 0.29) is 6.54 Å². The zero-order chi connectivity index (χ0) is 27.3. The van der Waals surface area contributed by atoms with Crippen molar-refractivity contribution < 1.29 is 13.9 Å². The number of nitrogens with one attached hydrogen (secondary N) is 2. The summed E-state index contributed by atoms with van der Waals surface area (Å²) in [7, 11) is 0. The van der Waals surface area contributed by atoms with Crippen LogP contribution in [0.4, 0.5) is 21.7 Å². The molecule has 3 aliphatic rings. The summed E-state index contributed by atoms with van der Waals surface area (Å²) < 4.78 is 25.4. The number of rotatable bonds is 8. The number of nitriles is 1. The van der Waals surface area contributed by atoms with Crippen molar-refractivity contribution in [3.63, 3.8) is 0 Å². The van der Waals surface area contributed by atoms with Gasteiger partial charge in [-0.15, -0.1) is 0 Å². The van der Waals surface area contributed by atoms with Gasteiger partial charge in [-0.3, -0.25) is 4.90 Å². The van der Waals surface area contributed by atoms with Crippen LogP contribution in [0.2, 0.25) is 0 Å². The predicted octanol–water partition coefficient (Wildman–Crippen LogP) is 3.00. The number of aromatic nitrogens is 3. The molecule has 4 heterocycles. The minimum atomic E-state index is -1.12. The second-order valence-corrected chi connectivity index (χ2v) is 10.5. The molecule has 0 spiro atoms. The van der Waals surface area contributed by atoms with E-state index in [1.807, 2.05) is 12.1 Å². The standard InChI is InChI=1S/C29H33FN8O2/c30-25-15-32-8-7-27(25)40-26-6-1-21(13-22(26)14-31)28-33-19-34-29(36-28)35-23-2-4-24(5-3-23)38-11-9-37(10-12-38)16-20-17-39-18-20/h1-6,13,19-20,25,27,32H,7-12,15-18H2,(H,33,34,35,36)/t25-,27+/m1/s1. The van der Waals surface area contributed by atoms with Crippen molar-refractivity contribution in [1.82, 2.24) is 25.2 Å². The van der Waals surface area contributed by atoms with E-state index >= 15 is 0 Å². The largest absolute Gasteiger partial charge is 0.486 e. The van der Waals surface area contributed by atoms with Crippen LogP contribution in [0.25, 0.3) is 11.4 Å². The third-order valence-electron chi connectivity index (χ3n) is 7.64. The normalized spacial score (nSPS) is 21.9. The molecular weight excluding hydrogens is 511 g/mol. The van der Waals surface area contributed by atoms with Crippen LogP contribution < -0.4 is 20.3 Å². The fourth-order valence-electron chi connectivity index (χ4n) is 5.28. The topological polar surface area (TPSA) is 111 Å². The second-order valence-electron chi connectivity index (χ2n) is 10.5. The molecule has 2 N–H and O–H groups in total. The molecule has 3 aliphatic heterocycles. The number of hydrogen-bond donors (Lipinski definition) is 2. The minimum absolute atomic E-state index is 0.252. The molecule has 0 radical (unpaired) electrons. The number of piperazine rings is 1. The Morgan fingerprint density at radius 2 is 1.93 bits per heavy atom. The van der Waals surface area contributed by atoms with E-state index in [1.54, 1.807) is 18.2 Å². The zero-order valence-electron chi connectivity index (χ0n) is 22.3. The summed E-state index contributed by atoms with van der Waals surface area (Å²) in [6.07, 6.45) is 0.294. The molecular formula is C29H33FN8O2. The SMILES string of the molecule is N#Cc1cc(-c2ncnc(Nc3ccc(N4CCN(CC5COC5)CC4)cc3)n2)ccc1O[C@H]1CCNC[C@H]1F. The van der Waals surface area contributed by atoms with E-state index in [9.17, 15) is 9.65 Å². The molecule has 6 rings (SSSR count). The number of benzene rings is 2. The van der Waals surface area contributed by atoms with Crippen LogP contribution in [0.1, 0.15) is 12.0 Å². The molecule has 0 bridgehead atoms. The number of ether oxygens (including phenoxy) is 2. The van der Waals surface area contributed by atoms with Gasteiger partial charge in [0.05, 0.1) is 18.8 Å². The van der Waals surface area contributed by atoms with Crippen LogP contribution in [0.15, 0.2) is 48.8 Å². The Morgan fingerprint density at radius 1 is 1.10 bits per heavy atom. The first-order valence-electron chi connectivity index (χ1n) is 13.8. The van der Waals surface area contributed by atoms with Crippen LogP contribution in [0.5, 0.6) is 5.75 Å². The van der Waals surface area contributed by atoms with Crippen LogP contribution in [-0.2, 0) is 4.74 Å². The van der Waals surface area contributed by atoms with E-state index in [2.05, 4.69) is 53.6 Å². The summed E-state index contributed by atoms with van der Waals surface area (Å²) in [5, 5.41) is 16.0. The molecule has 2 aromatic carbocycles. The number of anilines is 3. The number of piperidine rings is 1. The number of halogens is 1. The van der Waals surface area contributed by atoms with Crippen LogP contribution in [0.3, 0.4) is 0 Å². The highest BCUT2D eigenvalue weighted by atomic mass is 19.1. The average molecular weight is 545 g/mol. The Balaban J connectivity index is 1.08. The summed E-state index contributed by atoms with van der Waals surface area (Å²) >= 11 is 0. The Kier molecular flexibility index (Phi) is 7.99. The average Bonchev–Trinajstić information content (AvgIpc) is 2.97. The molecule has 3 aromatic rings. The van der Waals surface area contributed by atoms with Crippen molar-refractivity contribution in [1.29, 1.82) is 5.26 Å². The summed E-state index contributed by atoms with van der Waals surface area (Å²) in [6, 6.07) is 15.5. The maximum Gasteiger partial charge on any atom is 0.230 e. The second kappa shape index (κ2) is 12.1. The molecule has 0 saturated carbocycles. The van der Waals surface area contributed by atoms with E-state index in [1.165, 1.54) is 12.0 Å². The van der Waals surface area contributed by atoms with Gasteiger partial charge >= 0.3 is 0 Å². The van der Waals surface area contributed by atoms with Gasteiger partial charge in [0, 0.05) is 62.1 Å². The van der Waals surface area contributed by atoms with Crippen molar-refractivity contribution in [2.75, 3.05) is 69.2 Å². The molecule has 11 heteroatoms. The molecule has 0 amide bonds. The molecule has 10 nitrogen and oxygen atoms in total. The van der Waals surface area contributed by atoms with Crippen LogP contribution in [0, 0.1) is 17.2 Å². The van der Waals surface area contributed by atoms with Crippen LogP contribution in [-0.4, -0.2) is 91.2 Å². The highest BCUT2D eigenvalue weighted by Crippen LogP contribution is 2.28. The maximum absolute atomic E-state index is 14.2. The lowest BCUT2D eigenvalue weighted by Gasteiger charge is -2.39. The van der Waals surface area contributed by atoms with Gasteiger partial charge in [-0.25, -0.2) is 14.4 Å². The predicted molar refractivity (Wildman–Crippen MR) is 149 cm³/mol. The van der Waals surface area contributed by atoms with E-state index in [4.69, 9.17) is 9.47 Å². The third kappa shape index (κ3) is 6.14. The van der Waals surface area contributed by atoms with Crippen molar-refractivity contribution >= 4 is 17.3 Å². The Labute approximate surface area is 233 Å². The maximum atomic E-state index is 14.2. The first kappa shape index (κ1) is 26.4. The Morgan fingerprint density at radius 3 is 2.65 bits per heavy atom. The van der Waals surface area contributed by atoms with E-state index in [0.29, 0.717) is 47.5 Å². The van der Waals surface area contributed by atoms with Gasteiger partial charge in [0.1, 0.15) is 30.4 Å². The van der Waals surface area contributed by atoms with Crippen LogP contribution >= 0.6 is 0 Å². The zero-order valence-corrected chi connectivity index (χ0v) is 22.3. The fraction of sp³-hybridized carbons (Fsp3) is 0.448. The van der Waals surface area contributed by atoms with Gasteiger partial charge in [-0.1, -0.05) is 0 Å². The third-order valence-corrected chi connectivity index (χ3v) is 7.64. The van der Waals surface area contributed by atoms with Crippen molar-refractivity contribution in [2.45, 2.75) is 18.7 Å². The Bertz CT molecular complexity index is 1340. The molecule has 0 aliphatic carbocycles. The minimum Gasteiger partial charge on any atom is -0.486 e. The summed E-state index contributed by atoms with van der Waals surface area (Å²) in [5.74, 6) is 1.89. The number of alkyl halides is 1. The molecule has 40 heavy (non-hydrogen) atoms. The lowest BCUT2D eigenvalue weighted by molar-refractivity contribution is -0.0468. The Hall–Kier alpha value is -3.85. The molecule has 208 valence electrons. The van der Waals surface area contributed by atoms with Gasteiger partial charge in [0.15, 0.2) is 5.82 Å². The summed E-state index contributed by atoms with van der Waals surface area (Å²) in [6.45, 7) is 8.04. The monoisotopic (exact) mass is 544 g/mol. The van der Waals surface area contributed by atoms with Gasteiger partial charge in [-0.05, 0) is 55.4 Å². The first-order chi connectivity index (χ1) is 19.6. The first-order valence-corrected chi connectivity index (χ1v) is 13.8. The molecule has 0 unspecified atom stereocenters. The molecule has 3 saturated heterocycles. The molecule has 1 aromatic heterocycles. The smallest absolute Gasteiger partial charge is 0.230 e. The van der Waals surface area contributed by atoms with Gasteiger partial charge in [0.25, 0.3) is 0 Å². The number of hydrogen-bond acceptors (Lipinski definition) is 10. The van der Waals surface area contributed by atoms with E-state index < -0.39 is 12.3 Å². The van der Waals surface area contributed by atoms with E-state index in [0.717, 1.165) is 51.6 Å². The molecule has 3 fully saturated rings. The van der Waals surface area contributed by atoms with Crippen molar-refractivity contribution in [3.05, 3.63) is 54.4 Å². The van der Waals surface area contributed by atoms with Crippen molar-refractivity contribution in [2.24, 2.45) is 5.92 Å². The molecule has 2 atom stereocenters. The highest BCUT2D eigenvalue weighted by Gasteiger charge is 2.27. The lowest BCUT2D eigenvalue weighted by Crippen LogP contribution is -2.50.